The number of carbonyl (C=O) groups excluding carboxylic acids is 1. The lowest BCUT2D eigenvalue weighted by Crippen LogP contribution is -2.21. The third-order valence-corrected chi connectivity index (χ3v) is 3.68. The van der Waals surface area contributed by atoms with Gasteiger partial charge in [0.15, 0.2) is 0 Å². The Kier molecular flexibility index (Phi) is 4.12. The Bertz CT molecular complexity index is 989. The number of fused-ring (bicyclic) bond motifs is 1. The van der Waals surface area contributed by atoms with E-state index >= 15 is 0 Å². The Morgan fingerprint density at radius 1 is 1.24 bits per heavy atom. The summed E-state index contributed by atoms with van der Waals surface area (Å²) in [5.74, 6) is -0.896. The Morgan fingerprint density at radius 3 is 2.60 bits per heavy atom. The van der Waals surface area contributed by atoms with Gasteiger partial charge in [0.1, 0.15) is 5.56 Å². The Labute approximate surface area is 139 Å². The number of carbonyl (C=O) groups is 1. The van der Waals surface area contributed by atoms with Gasteiger partial charge in [0, 0.05) is 17.1 Å². The molecule has 5 nitrogen and oxygen atoms in total. The molecule has 0 aliphatic carbocycles. The van der Waals surface area contributed by atoms with Gasteiger partial charge in [-0.2, -0.15) is 13.2 Å². The fourth-order valence-electron chi connectivity index (χ4n) is 2.55. The summed E-state index contributed by atoms with van der Waals surface area (Å²) in [5.41, 5.74) is -1.31. The summed E-state index contributed by atoms with van der Waals surface area (Å²) >= 11 is 0. The number of ether oxygens (including phenoxy) is 1. The molecular formula is C17H13F3N2O3. The van der Waals surface area contributed by atoms with E-state index in [-0.39, 0.29) is 28.8 Å². The third kappa shape index (κ3) is 3.02. The van der Waals surface area contributed by atoms with E-state index in [9.17, 15) is 22.8 Å². The molecule has 0 saturated carbocycles. The lowest BCUT2D eigenvalue weighted by molar-refractivity contribution is -0.137. The van der Waals surface area contributed by atoms with Crippen molar-refractivity contribution in [3.63, 3.8) is 0 Å². The van der Waals surface area contributed by atoms with E-state index in [2.05, 4.69) is 9.97 Å². The monoisotopic (exact) mass is 350 g/mol. The quantitative estimate of drug-likeness (QED) is 0.707. The van der Waals surface area contributed by atoms with E-state index in [1.165, 1.54) is 6.07 Å². The van der Waals surface area contributed by atoms with E-state index in [1.54, 1.807) is 25.3 Å². The summed E-state index contributed by atoms with van der Waals surface area (Å²) in [4.78, 5) is 30.7. The molecule has 0 aliphatic rings. The minimum Gasteiger partial charge on any atom is -0.462 e. The Hall–Kier alpha value is -3.03. The van der Waals surface area contributed by atoms with E-state index in [4.69, 9.17) is 4.74 Å². The highest BCUT2D eigenvalue weighted by molar-refractivity contribution is 6.00. The van der Waals surface area contributed by atoms with E-state index in [0.717, 1.165) is 12.1 Å². The summed E-state index contributed by atoms with van der Waals surface area (Å²) < 4.78 is 43.7. The molecular weight excluding hydrogens is 337 g/mol. The minimum atomic E-state index is -4.59. The second kappa shape index (κ2) is 6.12. The molecule has 3 aromatic rings. The molecule has 0 atom stereocenters. The number of alkyl halides is 3. The number of benzene rings is 1. The van der Waals surface area contributed by atoms with Gasteiger partial charge >= 0.3 is 12.1 Å². The molecule has 0 bridgehead atoms. The molecule has 3 rings (SSSR count). The molecule has 8 heteroatoms. The van der Waals surface area contributed by atoms with Crippen LogP contribution in [0.25, 0.3) is 22.3 Å². The lowest BCUT2D eigenvalue weighted by Gasteiger charge is -2.12. The van der Waals surface area contributed by atoms with Crippen LogP contribution in [-0.2, 0) is 10.9 Å². The number of halogens is 3. The third-order valence-electron chi connectivity index (χ3n) is 3.68. The molecule has 0 saturated heterocycles. The summed E-state index contributed by atoms with van der Waals surface area (Å²) in [6, 6.07) is 6.07. The molecule has 1 aromatic carbocycles. The number of hydrogen-bond acceptors (Lipinski definition) is 3. The largest absolute Gasteiger partial charge is 0.462 e. The fourth-order valence-corrected chi connectivity index (χ4v) is 2.55. The van der Waals surface area contributed by atoms with E-state index < -0.39 is 23.1 Å². The molecule has 2 N–H and O–H groups in total. The number of pyridine rings is 1. The maximum absolute atomic E-state index is 12.9. The number of aromatic nitrogens is 2. The molecule has 0 amide bonds. The zero-order valence-corrected chi connectivity index (χ0v) is 13.0. The standard InChI is InChI=1S/C17H13F3N2O3/c1-2-25-16(24)13-14(12-4-3-7-21-12)22-11-6-5-9(17(18,19)20)8-10(11)15(13)23/h3-8,21H,2H2,1H3,(H,22,23). The molecule has 0 unspecified atom stereocenters. The van der Waals surface area contributed by atoms with Crippen molar-refractivity contribution in [2.75, 3.05) is 6.61 Å². The average Bonchev–Trinajstić information content (AvgIpc) is 3.08. The zero-order valence-electron chi connectivity index (χ0n) is 13.0. The van der Waals surface area contributed by atoms with Gasteiger partial charge in [0.2, 0.25) is 5.43 Å². The van der Waals surface area contributed by atoms with Crippen LogP contribution in [0.15, 0.2) is 41.3 Å². The van der Waals surface area contributed by atoms with Crippen LogP contribution in [0.1, 0.15) is 22.8 Å². The molecule has 0 radical (unpaired) electrons. The van der Waals surface area contributed by atoms with Crippen LogP contribution in [0, 0.1) is 0 Å². The molecule has 2 aromatic heterocycles. The highest BCUT2D eigenvalue weighted by Crippen LogP contribution is 2.31. The van der Waals surface area contributed by atoms with Crippen molar-refractivity contribution in [3.8, 4) is 11.4 Å². The van der Waals surface area contributed by atoms with E-state index in [1.807, 2.05) is 0 Å². The molecule has 0 aliphatic heterocycles. The topological polar surface area (TPSA) is 75.0 Å². The highest BCUT2D eigenvalue weighted by Gasteiger charge is 2.31. The number of nitrogens with one attached hydrogen (secondary N) is 2. The van der Waals surface area contributed by atoms with Gasteiger partial charge in [0.05, 0.1) is 23.6 Å². The number of aromatic amines is 2. The fraction of sp³-hybridized carbons (Fsp3) is 0.176. The predicted molar refractivity (Wildman–Crippen MR) is 85.3 cm³/mol. The van der Waals surface area contributed by atoms with Gasteiger partial charge in [-0.15, -0.1) is 0 Å². The highest BCUT2D eigenvalue weighted by atomic mass is 19.4. The van der Waals surface area contributed by atoms with Crippen LogP contribution < -0.4 is 5.43 Å². The SMILES string of the molecule is CCOC(=O)c1c(-c2ccc[nH]2)[nH]c2ccc(C(F)(F)F)cc2c1=O. The van der Waals surface area contributed by atoms with Gasteiger partial charge in [-0.25, -0.2) is 4.79 Å². The van der Waals surface area contributed by atoms with Crippen molar-refractivity contribution in [3.05, 3.63) is 57.9 Å². The summed E-state index contributed by atoms with van der Waals surface area (Å²) in [7, 11) is 0. The maximum atomic E-state index is 12.9. The molecule has 0 fully saturated rings. The second-order valence-corrected chi connectivity index (χ2v) is 5.27. The van der Waals surface area contributed by atoms with Crippen LogP contribution in [0.5, 0.6) is 0 Å². The van der Waals surface area contributed by atoms with Crippen molar-refractivity contribution >= 4 is 16.9 Å². The smallest absolute Gasteiger partial charge is 0.416 e. The zero-order chi connectivity index (χ0) is 18.2. The van der Waals surface area contributed by atoms with Crippen molar-refractivity contribution in [1.29, 1.82) is 0 Å². The molecule has 2 heterocycles. The first-order chi connectivity index (χ1) is 11.8. The molecule has 0 spiro atoms. The Morgan fingerprint density at radius 2 is 2.00 bits per heavy atom. The van der Waals surface area contributed by atoms with Gasteiger partial charge in [0.25, 0.3) is 0 Å². The summed E-state index contributed by atoms with van der Waals surface area (Å²) in [5, 5.41) is -0.229. The van der Waals surface area contributed by atoms with Crippen LogP contribution in [0.3, 0.4) is 0 Å². The molecule has 25 heavy (non-hydrogen) atoms. The van der Waals surface area contributed by atoms with Crippen LogP contribution >= 0.6 is 0 Å². The van der Waals surface area contributed by atoms with Crippen molar-refractivity contribution in [2.24, 2.45) is 0 Å². The predicted octanol–water partition coefficient (Wildman–Crippen LogP) is 3.72. The van der Waals surface area contributed by atoms with Crippen molar-refractivity contribution in [2.45, 2.75) is 13.1 Å². The first-order valence-electron chi connectivity index (χ1n) is 7.41. The van der Waals surface area contributed by atoms with Gasteiger partial charge < -0.3 is 14.7 Å². The van der Waals surface area contributed by atoms with E-state index in [0.29, 0.717) is 5.69 Å². The first-order valence-corrected chi connectivity index (χ1v) is 7.41. The van der Waals surface area contributed by atoms with Gasteiger partial charge in [-0.3, -0.25) is 4.79 Å². The average molecular weight is 350 g/mol. The summed E-state index contributed by atoms with van der Waals surface area (Å²) in [6.07, 6.45) is -3.00. The Balaban J connectivity index is 2.34. The number of rotatable bonds is 3. The van der Waals surface area contributed by atoms with Crippen LogP contribution in [0.2, 0.25) is 0 Å². The minimum absolute atomic E-state index is 0.0308. The number of hydrogen-bond donors (Lipinski definition) is 2. The van der Waals surface area contributed by atoms with Gasteiger partial charge in [-0.1, -0.05) is 0 Å². The lowest BCUT2D eigenvalue weighted by atomic mass is 10.0. The van der Waals surface area contributed by atoms with Crippen LogP contribution in [0.4, 0.5) is 13.2 Å². The number of esters is 1. The molecule has 130 valence electrons. The maximum Gasteiger partial charge on any atom is 0.416 e. The summed E-state index contributed by atoms with van der Waals surface area (Å²) in [6.45, 7) is 1.60. The van der Waals surface area contributed by atoms with Crippen molar-refractivity contribution in [1.82, 2.24) is 9.97 Å². The number of H-pyrrole nitrogens is 2. The van der Waals surface area contributed by atoms with Crippen molar-refractivity contribution < 1.29 is 22.7 Å². The van der Waals surface area contributed by atoms with Crippen LogP contribution in [-0.4, -0.2) is 22.5 Å². The first kappa shape index (κ1) is 16.8. The second-order valence-electron chi connectivity index (χ2n) is 5.27. The normalized spacial score (nSPS) is 11.7. The van der Waals surface area contributed by atoms with Gasteiger partial charge in [-0.05, 0) is 37.3 Å².